The Labute approximate surface area is 131 Å². The first-order chi connectivity index (χ1) is 10.0. The van der Waals surface area contributed by atoms with Gasteiger partial charge in [-0.2, -0.15) is 5.10 Å². The van der Waals surface area contributed by atoms with Crippen LogP contribution in [0, 0.1) is 11.6 Å². The van der Waals surface area contributed by atoms with Gasteiger partial charge in [0.25, 0.3) is 0 Å². The normalized spacial score (nSPS) is 12.6. The molecule has 0 spiro atoms. The smallest absolute Gasteiger partial charge is 0.126 e. The molecule has 1 heterocycles. The van der Waals surface area contributed by atoms with Gasteiger partial charge in [0.2, 0.25) is 0 Å². The van der Waals surface area contributed by atoms with Crippen molar-refractivity contribution in [2.45, 2.75) is 32.9 Å². The number of nitrogens with zero attached hydrogens (tertiary/aromatic N) is 2. The molecular weight excluding hydrogens is 340 g/mol. The van der Waals surface area contributed by atoms with Crippen LogP contribution in [0.1, 0.15) is 31.1 Å². The van der Waals surface area contributed by atoms with Crippen molar-refractivity contribution in [1.82, 2.24) is 15.1 Å². The number of benzene rings is 1. The maximum Gasteiger partial charge on any atom is 0.126 e. The van der Waals surface area contributed by atoms with Crippen molar-refractivity contribution < 1.29 is 8.78 Å². The minimum absolute atomic E-state index is 0.0620. The number of likely N-dealkylation sites (N-methyl/N-ethyl adjacent to an activating group) is 1. The first-order valence-corrected chi connectivity index (χ1v) is 7.74. The summed E-state index contributed by atoms with van der Waals surface area (Å²) in [5, 5.41) is 7.65. The van der Waals surface area contributed by atoms with Crippen LogP contribution in [0.15, 0.2) is 28.9 Å². The van der Waals surface area contributed by atoms with E-state index < -0.39 is 11.6 Å². The summed E-state index contributed by atoms with van der Waals surface area (Å²) in [5.41, 5.74) is 1.61. The number of halogens is 3. The van der Waals surface area contributed by atoms with Gasteiger partial charge in [-0.25, -0.2) is 8.78 Å². The highest BCUT2D eigenvalue weighted by Gasteiger charge is 2.20. The molecular formula is C15H18BrF2N3. The topological polar surface area (TPSA) is 29.9 Å². The molecule has 0 bridgehead atoms. The number of aryl methyl sites for hydroxylation is 1. The van der Waals surface area contributed by atoms with Crippen LogP contribution in [0.2, 0.25) is 0 Å². The van der Waals surface area contributed by atoms with Crippen molar-refractivity contribution in [3.8, 4) is 0 Å². The summed E-state index contributed by atoms with van der Waals surface area (Å²) >= 11 is 3.50. The summed E-state index contributed by atoms with van der Waals surface area (Å²) in [5.74, 6) is -1.10. The quantitative estimate of drug-likeness (QED) is 0.851. The van der Waals surface area contributed by atoms with E-state index in [9.17, 15) is 8.78 Å². The van der Waals surface area contributed by atoms with Crippen LogP contribution in [-0.4, -0.2) is 16.3 Å². The lowest BCUT2D eigenvalue weighted by Gasteiger charge is -2.20. The average Bonchev–Trinajstić information content (AvgIpc) is 2.78. The average molecular weight is 358 g/mol. The van der Waals surface area contributed by atoms with E-state index in [-0.39, 0.29) is 6.04 Å². The fourth-order valence-electron chi connectivity index (χ4n) is 2.45. The molecule has 114 valence electrons. The van der Waals surface area contributed by atoms with E-state index in [4.69, 9.17) is 0 Å². The fourth-order valence-corrected chi connectivity index (χ4v) is 3.02. The Bertz CT molecular complexity index is 593. The second kappa shape index (κ2) is 7.13. The highest BCUT2D eigenvalue weighted by atomic mass is 79.9. The fraction of sp³-hybridized carbons (Fsp3) is 0.400. The van der Waals surface area contributed by atoms with E-state index >= 15 is 0 Å². The standard InChI is InChI=1S/C15H18BrF2N3/c1-3-19-14(15-13(16)9-20-21(15)4-2)7-10-5-11(17)8-12(18)6-10/h5-6,8-9,14,19H,3-4,7H2,1-2H3. The van der Waals surface area contributed by atoms with Crippen LogP contribution in [0.4, 0.5) is 8.78 Å². The minimum Gasteiger partial charge on any atom is -0.309 e. The van der Waals surface area contributed by atoms with E-state index in [1.807, 2.05) is 18.5 Å². The van der Waals surface area contributed by atoms with Crippen LogP contribution in [0.3, 0.4) is 0 Å². The van der Waals surface area contributed by atoms with Crippen LogP contribution < -0.4 is 5.32 Å². The van der Waals surface area contributed by atoms with Gasteiger partial charge in [0.1, 0.15) is 11.6 Å². The molecule has 0 saturated carbocycles. The van der Waals surface area contributed by atoms with Gasteiger partial charge in [-0.3, -0.25) is 4.68 Å². The number of aromatic nitrogens is 2. The molecule has 1 aromatic carbocycles. The van der Waals surface area contributed by atoms with Gasteiger partial charge >= 0.3 is 0 Å². The molecule has 3 nitrogen and oxygen atoms in total. The van der Waals surface area contributed by atoms with E-state index in [2.05, 4.69) is 26.3 Å². The molecule has 0 aliphatic rings. The molecule has 1 atom stereocenters. The summed E-state index contributed by atoms with van der Waals surface area (Å²) in [6.45, 7) is 5.50. The zero-order valence-corrected chi connectivity index (χ0v) is 13.6. The molecule has 2 aromatic rings. The molecule has 0 radical (unpaired) electrons. The van der Waals surface area contributed by atoms with Gasteiger partial charge < -0.3 is 5.32 Å². The van der Waals surface area contributed by atoms with Crippen molar-refractivity contribution in [1.29, 1.82) is 0 Å². The number of nitrogens with one attached hydrogen (secondary N) is 1. The second-order valence-corrected chi connectivity index (χ2v) is 5.64. The van der Waals surface area contributed by atoms with Crippen molar-refractivity contribution in [2.75, 3.05) is 6.54 Å². The van der Waals surface area contributed by atoms with Crippen molar-refractivity contribution in [2.24, 2.45) is 0 Å². The third-order valence-corrected chi connectivity index (χ3v) is 3.89. The third kappa shape index (κ3) is 3.89. The summed E-state index contributed by atoms with van der Waals surface area (Å²) < 4.78 is 29.5. The Balaban J connectivity index is 2.32. The predicted octanol–water partition coefficient (Wildman–Crippen LogP) is 3.84. The molecule has 1 aromatic heterocycles. The van der Waals surface area contributed by atoms with Crippen LogP contribution in [0.25, 0.3) is 0 Å². The van der Waals surface area contributed by atoms with Crippen molar-refractivity contribution >= 4 is 15.9 Å². The monoisotopic (exact) mass is 357 g/mol. The first kappa shape index (κ1) is 16.1. The molecule has 6 heteroatoms. The Kier molecular flexibility index (Phi) is 5.47. The number of rotatable bonds is 6. The Morgan fingerprint density at radius 3 is 2.48 bits per heavy atom. The molecule has 0 fully saturated rings. The number of hydrogen-bond acceptors (Lipinski definition) is 2. The van der Waals surface area contributed by atoms with E-state index in [1.165, 1.54) is 12.1 Å². The SMILES string of the molecule is CCNC(Cc1cc(F)cc(F)c1)c1c(Br)cnn1CC. The lowest BCUT2D eigenvalue weighted by molar-refractivity contribution is 0.485. The predicted molar refractivity (Wildman–Crippen MR) is 82.1 cm³/mol. The van der Waals surface area contributed by atoms with E-state index in [0.29, 0.717) is 12.0 Å². The van der Waals surface area contributed by atoms with Crippen molar-refractivity contribution in [3.05, 3.63) is 51.8 Å². The lowest BCUT2D eigenvalue weighted by Crippen LogP contribution is -2.26. The third-order valence-electron chi connectivity index (χ3n) is 3.28. The molecule has 0 saturated heterocycles. The molecule has 1 N–H and O–H groups in total. The van der Waals surface area contributed by atoms with Crippen LogP contribution >= 0.6 is 15.9 Å². The Morgan fingerprint density at radius 2 is 1.90 bits per heavy atom. The van der Waals surface area contributed by atoms with Crippen LogP contribution in [0.5, 0.6) is 0 Å². The maximum absolute atomic E-state index is 13.3. The van der Waals surface area contributed by atoms with Gasteiger partial charge in [-0.05, 0) is 53.5 Å². The molecule has 2 rings (SSSR count). The largest absolute Gasteiger partial charge is 0.309 e. The maximum atomic E-state index is 13.3. The molecule has 1 unspecified atom stereocenters. The van der Waals surface area contributed by atoms with Gasteiger partial charge in [-0.1, -0.05) is 6.92 Å². The highest BCUT2D eigenvalue weighted by molar-refractivity contribution is 9.10. The molecule has 0 aliphatic carbocycles. The van der Waals surface area contributed by atoms with Gasteiger partial charge in [0.05, 0.1) is 22.4 Å². The number of hydrogen-bond donors (Lipinski definition) is 1. The van der Waals surface area contributed by atoms with Gasteiger partial charge in [-0.15, -0.1) is 0 Å². The van der Waals surface area contributed by atoms with Gasteiger partial charge in [0, 0.05) is 12.6 Å². The first-order valence-electron chi connectivity index (χ1n) is 6.94. The summed E-state index contributed by atoms with van der Waals surface area (Å²) in [7, 11) is 0. The zero-order valence-electron chi connectivity index (χ0n) is 12.0. The minimum atomic E-state index is -0.552. The zero-order chi connectivity index (χ0) is 15.4. The molecule has 0 aliphatic heterocycles. The Morgan fingerprint density at radius 1 is 1.24 bits per heavy atom. The Hall–Kier alpha value is -1.27. The van der Waals surface area contributed by atoms with Crippen LogP contribution in [-0.2, 0) is 13.0 Å². The second-order valence-electron chi connectivity index (χ2n) is 4.79. The van der Waals surface area contributed by atoms with E-state index in [1.54, 1.807) is 6.20 Å². The summed E-state index contributed by atoms with van der Waals surface area (Å²) in [4.78, 5) is 0. The highest BCUT2D eigenvalue weighted by Crippen LogP contribution is 2.26. The molecule has 0 amide bonds. The van der Waals surface area contributed by atoms with Crippen molar-refractivity contribution in [3.63, 3.8) is 0 Å². The van der Waals surface area contributed by atoms with Gasteiger partial charge in [0.15, 0.2) is 0 Å². The molecule has 21 heavy (non-hydrogen) atoms. The summed E-state index contributed by atoms with van der Waals surface area (Å²) in [6.07, 6.45) is 2.24. The van der Waals surface area contributed by atoms with E-state index in [0.717, 1.165) is 29.3 Å². The lowest BCUT2D eigenvalue weighted by atomic mass is 10.0. The summed E-state index contributed by atoms with van der Waals surface area (Å²) in [6, 6.07) is 3.56.